The summed E-state index contributed by atoms with van der Waals surface area (Å²) in [6.45, 7) is 0. The minimum absolute atomic E-state index is 0.859. The van der Waals surface area contributed by atoms with E-state index in [0.29, 0.717) is 0 Å². The first kappa shape index (κ1) is 31.6. The minimum Gasteiger partial charge on any atom is -0.453 e. The van der Waals surface area contributed by atoms with Gasteiger partial charge in [0.25, 0.3) is 0 Å². The molecular formula is C52H33NOS. The Balaban J connectivity index is 1.06. The standard InChI is InChI=1S/C52H33NOS/c1-2-11-36(12-3-1)43-18-9-19-45-46-20-10-21-48(52(46)54-51(43)45)53(40-30-25-37(26-31-40)42-17-8-14-35-13-4-5-15-41(35)42)39-28-23-34(24-29-39)38-27-32-50-47(33-38)44-16-6-7-22-49(44)55-50/h1-33H. The zero-order valence-corrected chi connectivity index (χ0v) is 30.6. The van der Waals surface area contributed by atoms with E-state index in [9.17, 15) is 0 Å². The van der Waals surface area contributed by atoms with Gasteiger partial charge in [0.15, 0.2) is 5.58 Å². The Kier molecular flexibility index (Phi) is 7.39. The van der Waals surface area contributed by atoms with Crippen LogP contribution in [0.4, 0.5) is 17.1 Å². The molecule has 11 aromatic rings. The van der Waals surface area contributed by atoms with Crippen molar-refractivity contribution < 1.29 is 4.42 Å². The molecule has 2 heterocycles. The van der Waals surface area contributed by atoms with Gasteiger partial charge >= 0.3 is 0 Å². The Labute approximate surface area is 322 Å². The average Bonchev–Trinajstić information content (AvgIpc) is 3.83. The SMILES string of the molecule is c1ccc(-c2cccc3c2oc2c(N(c4ccc(-c5ccc6sc7ccccc7c6c5)cc4)c4ccc(-c5cccc6ccccc56)cc4)cccc23)cc1. The van der Waals surface area contributed by atoms with Crippen LogP contribution in [0.3, 0.4) is 0 Å². The highest BCUT2D eigenvalue weighted by Gasteiger charge is 2.21. The third-order valence-electron chi connectivity index (χ3n) is 10.9. The number of anilines is 3. The summed E-state index contributed by atoms with van der Waals surface area (Å²) in [6, 6.07) is 72.0. The first-order valence-electron chi connectivity index (χ1n) is 18.7. The zero-order chi connectivity index (χ0) is 36.3. The van der Waals surface area contributed by atoms with Gasteiger partial charge in [-0.05, 0) is 87.1 Å². The molecule has 0 unspecified atom stereocenters. The topological polar surface area (TPSA) is 16.4 Å². The monoisotopic (exact) mass is 719 g/mol. The molecule has 2 aromatic heterocycles. The van der Waals surface area contributed by atoms with Crippen LogP contribution in [0, 0.1) is 0 Å². The first-order valence-corrected chi connectivity index (χ1v) is 19.5. The van der Waals surface area contributed by atoms with Crippen molar-refractivity contribution in [3.63, 3.8) is 0 Å². The molecule has 9 aromatic carbocycles. The van der Waals surface area contributed by atoms with E-state index in [4.69, 9.17) is 4.42 Å². The number of rotatable bonds is 6. The molecule has 11 rings (SSSR count). The first-order chi connectivity index (χ1) is 27.3. The van der Waals surface area contributed by atoms with Crippen LogP contribution in [-0.2, 0) is 0 Å². The average molecular weight is 720 g/mol. The third kappa shape index (κ3) is 5.32. The highest BCUT2D eigenvalue weighted by Crippen LogP contribution is 2.45. The molecule has 0 saturated heterocycles. The second-order valence-corrected chi connectivity index (χ2v) is 15.2. The number of para-hydroxylation sites is 2. The number of fused-ring (bicyclic) bond motifs is 7. The maximum absolute atomic E-state index is 6.96. The number of hydrogen-bond acceptors (Lipinski definition) is 3. The van der Waals surface area contributed by atoms with Crippen LogP contribution < -0.4 is 4.90 Å². The van der Waals surface area contributed by atoms with E-state index >= 15 is 0 Å². The summed E-state index contributed by atoms with van der Waals surface area (Å²) in [5.41, 5.74) is 11.9. The zero-order valence-electron chi connectivity index (χ0n) is 29.8. The molecule has 0 spiro atoms. The summed E-state index contributed by atoms with van der Waals surface area (Å²) < 4.78 is 9.59. The van der Waals surface area contributed by atoms with E-state index in [0.717, 1.165) is 50.1 Å². The fourth-order valence-electron chi connectivity index (χ4n) is 8.23. The van der Waals surface area contributed by atoms with E-state index in [2.05, 4.69) is 205 Å². The third-order valence-corrected chi connectivity index (χ3v) is 12.0. The summed E-state index contributed by atoms with van der Waals surface area (Å²) in [5, 5.41) is 7.31. The maximum Gasteiger partial charge on any atom is 0.159 e. The van der Waals surface area contributed by atoms with Gasteiger partial charge in [-0.2, -0.15) is 0 Å². The predicted octanol–water partition coefficient (Wildman–Crippen LogP) is 15.6. The lowest BCUT2D eigenvalue weighted by Gasteiger charge is -2.26. The smallest absolute Gasteiger partial charge is 0.159 e. The van der Waals surface area contributed by atoms with Gasteiger partial charge in [0.1, 0.15) is 5.58 Å². The summed E-state index contributed by atoms with van der Waals surface area (Å²) in [6.07, 6.45) is 0. The van der Waals surface area contributed by atoms with Gasteiger partial charge in [0.2, 0.25) is 0 Å². The summed E-state index contributed by atoms with van der Waals surface area (Å²) in [4.78, 5) is 2.33. The van der Waals surface area contributed by atoms with Crippen molar-refractivity contribution in [3.05, 3.63) is 200 Å². The number of hydrogen-bond donors (Lipinski definition) is 0. The molecular weight excluding hydrogens is 687 g/mol. The Hall–Kier alpha value is -6.94. The van der Waals surface area contributed by atoms with E-state index in [-0.39, 0.29) is 0 Å². The van der Waals surface area contributed by atoms with Crippen molar-refractivity contribution in [2.24, 2.45) is 0 Å². The largest absolute Gasteiger partial charge is 0.453 e. The molecule has 0 saturated carbocycles. The number of benzene rings is 9. The van der Waals surface area contributed by atoms with Gasteiger partial charge in [0, 0.05) is 47.9 Å². The van der Waals surface area contributed by atoms with Gasteiger partial charge in [0.05, 0.1) is 5.69 Å². The maximum atomic E-state index is 6.96. The van der Waals surface area contributed by atoms with Gasteiger partial charge in [-0.15, -0.1) is 11.3 Å². The molecule has 0 N–H and O–H groups in total. The predicted molar refractivity (Wildman–Crippen MR) is 235 cm³/mol. The van der Waals surface area contributed by atoms with Crippen molar-refractivity contribution in [2.75, 3.05) is 4.90 Å². The summed E-state index contributed by atoms with van der Waals surface area (Å²) in [7, 11) is 0. The van der Waals surface area contributed by atoms with E-state index in [1.807, 2.05) is 11.3 Å². The lowest BCUT2D eigenvalue weighted by Crippen LogP contribution is -2.10. The van der Waals surface area contributed by atoms with Gasteiger partial charge in [-0.25, -0.2) is 0 Å². The van der Waals surface area contributed by atoms with Crippen molar-refractivity contribution >= 4 is 81.3 Å². The summed E-state index contributed by atoms with van der Waals surface area (Å²) >= 11 is 1.85. The van der Waals surface area contributed by atoms with Crippen LogP contribution in [0.5, 0.6) is 0 Å². The van der Waals surface area contributed by atoms with Crippen LogP contribution >= 0.6 is 11.3 Å². The fraction of sp³-hybridized carbons (Fsp3) is 0. The molecule has 258 valence electrons. The molecule has 0 aliphatic carbocycles. The van der Waals surface area contributed by atoms with Crippen LogP contribution in [0.1, 0.15) is 0 Å². The van der Waals surface area contributed by atoms with Crippen LogP contribution in [0.25, 0.3) is 86.3 Å². The van der Waals surface area contributed by atoms with Crippen molar-refractivity contribution in [1.29, 1.82) is 0 Å². The van der Waals surface area contributed by atoms with Crippen molar-refractivity contribution in [1.82, 2.24) is 0 Å². The Morgan fingerprint density at radius 2 is 0.909 bits per heavy atom. The number of furan rings is 1. The molecule has 0 fully saturated rings. The molecule has 3 heteroatoms. The Bertz CT molecular complexity index is 3190. The van der Waals surface area contributed by atoms with E-state index in [1.54, 1.807) is 0 Å². The van der Waals surface area contributed by atoms with Crippen LogP contribution in [0.2, 0.25) is 0 Å². The summed E-state index contributed by atoms with van der Waals surface area (Å²) in [5.74, 6) is 0. The Morgan fingerprint density at radius 1 is 0.345 bits per heavy atom. The minimum atomic E-state index is 0.859. The number of nitrogens with zero attached hydrogens (tertiary/aromatic N) is 1. The molecule has 0 bridgehead atoms. The highest BCUT2D eigenvalue weighted by molar-refractivity contribution is 7.25. The fourth-order valence-corrected chi connectivity index (χ4v) is 9.32. The van der Waals surface area contributed by atoms with Gasteiger partial charge in [-0.1, -0.05) is 152 Å². The second kappa shape index (κ2) is 12.9. The van der Waals surface area contributed by atoms with E-state index in [1.165, 1.54) is 53.2 Å². The van der Waals surface area contributed by atoms with Crippen LogP contribution in [-0.4, -0.2) is 0 Å². The van der Waals surface area contributed by atoms with Gasteiger partial charge in [-0.3, -0.25) is 0 Å². The normalized spacial score (nSPS) is 11.6. The molecule has 0 aliphatic heterocycles. The van der Waals surface area contributed by atoms with Gasteiger partial charge < -0.3 is 9.32 Å². The lowest BCUT2D eigenvalue weighted by molar-refractivity contribution is 0.670. The molecule has 0 atom stereocenters. The Morgan fingerprint density at radius 3 is 1.73 bits per heavy atom. The number of thiophene rings is 1. The molecule has 0 amide bonds. The quantitative estimate of drug-likeness (QED) is 0.170. The molecule has 55 heavy (non-hydrogen) atoms. The highest BCUT2D eigenvalue weighted by atomic mass is 32.1. The van der Waals surface area contributed by atoms with E-state index < -0.39 is 0 Å². The lowest BCUT2D eigenvalue weighted by atomic mass is 9.98. The second-order valence-electron chi connectivity index (χ2n) is 14.1. The van der Waals surface area contributed by atoms with Crippen molar-refractivity contribution in [2.45, 2.75) is 0 Å². The van der Waals surface area contributed by atoms with Crippen molar-refractivity contribution in [3.8, 4) is 33.4 Å². The molecule has 0 aliphatic rings. The van der Waals surface area contributed by atoms with Crippen LogP contribution in [0.15, 0.2) is 205 Å². The molecule has 0 radical (unpaired) electrons. The molecule has 2 nitrogen and oxygen atoms in total.